The third-order valence-electron chi connectivity index (χ3n) is 3.26. The van der Waals surface area contributed by atoms with Gasteiger partial charge in [-0.25, -0.2) is 4.98 Å². The van der Waals surface area contributed by atoms with E-state index < -0.39 is 0 Å². The molecular weight excluding hydrogens is 238 g/mol. The molecule has 1 aromatic heterocycles. The first kappa shape index (κ1) is 12.5. The average Bonchev–Trinajstić information content (AvgIpc) is 2.30. The lowest BCUT2D eigenvalue weighted by atomic mass is 9.86. The second-order valence-corrected chi connectivity index (χ2v) is 5.00. The Hall–Kier alpha value is -1.00. The Bertz CT molecular complexity index is 386. The summed E-state index contributed by atoms with van der Waals surface area (Å²) >= 11 is 6.02. The van der Waals surface area contributed by atoms with Crippen molar-refractivity contribution in [2.24, 2.45) is 5.92 Å². The summed E-state index contributed by atoms with van der Waals surface area (Å²) in [6.45, 7) is 0.706. The number of anilines is 2. The summed E-state index contributed by atoms with van der Waals surface area (Å²) in [5.74, 6) is 0.929. The van der Waals surface area contributed by atoms with Crippen LogP contribution in [0, 0.1) is 5.92 Å². The predicted octanol–water partition coefficient (Wildman–Crippen LogP) is 2.28. The van der Waals surface area contributed by atoms with E-state index in [0.717, 1.165) is 19.3 Å². The van der Waals surface area contributed by atoms with Crippen LogP contribution in [-0.4, -0.2) is 22.7 Å². The predicted molar refractivity (Wildman–Crippen MR) is 70.1 cm³/mol. The molecule has 94 valence electrons. The summed E-state index contributed by atoms with van der Waals surface area (Å²) in [5, 5.41) is 13.6. The highest BCUT2D eigenvalue weighted by Crippen LogP contribution is 2.26. The molecule has 0 aliphatic heterocycles. The zero-order chi connectivity index (χ0) is 12.3. The van der Waals surface area contributed by atoms with Crippen LogP contribution in [-0.2, 0) is 0 Å². The van der Waals surface area contributed by atoms with Crippen LogP contribution < -0.4 is 11.1 Å². The van der Waals surface area contributed by atoms with Gasteiger partial charge in [-0.2, -0.15) is 0 Å². The SMILES string of the molecule is Nc1cnc(NCC2CCCCC2O)c(Cl)c1. The number of rotatable bonds is 3. The van der Waals surface area contributed by atoms with E-state index in [0.29, 0.717) is 29.0 Å². The Morgan fingerprint density at radius 2 is 2.24 bits per heavy atom. The van der Waals surface area contributed by atoms with Crippen molar-refractivity contribution in [1.29, 1.82) is 0 Å². The Morgan fingerprint density at radius 3 is 2.94 bits per heavy atom. The molecule has 0 amide bonds. The molecule has 1 heterocycles. The molecule has 2 unspecified atom stereocenters. The van der Waals surface area contributed by atoms with Crippen LogP contribution in [0.2, 0.25) is 5.02 Å². The van der Waals surface area contributed by atoms with Crippen molar-refractivity contribution >= 4 is 23.1 Å². The molecule has 1 fully saturated rings. The van der Waals surface area contributed by atoms with Gasteiger partial charge in [-0.3, -0.25) is 0 Å². The number of nitrogens with two attached hydrogens (primary N) is 1. The van der Waals surface area contributed by atoms with Crippen LogP contribution in [0.15, 0.2) is 12.3 Å². The van der Waals surface area contributed by atoms with Crippen molar-refractivity contribution < 1.29 is 5.11 Å². The first-order chi connectivity index (χ1) is 8.16. The topological polar surface area (TPSA) is 71.2 Å². The van der Waals surface area contributed by atoms with Gasteiger partial charge in [-0.15, -0.1) is 0 Å². The number of nitrogens with zero attached hydrogens (tertiary/aromatic N) is 1. The summed E-state index contributed by atoms with van der Waals surface area (Å²) in [7, 11) is 0. The lowest BCUT2D eigenvalue weighted by Crippen LogP contribution is -2.30. The lowest BCUT2D eigenvalue weighted by molar-refractivity contribution is 0.0763. The molecule has 2 atom stereocenters. The Morgan fingerprint density at radius 1 is 1.47 bits per heavy atom. The first-order valence-electron chi connectivity index (χ1n) is 6.00. The van der Waals surface area contributed by atoms with Crippen molar-refractivity contribution in [2.75, 3.05) is 17.6 Å². The molecule has 2 rings (SSSR count). The van der Waals surface area contributed by atoms with Crippen molar-refractivity contribution in [2.45, 2.75) is 31.8 Å². The van der Waals surface area contributed by atoms with Gasteiger partial charge in [0, 0.05) is 12.5 Å². The molecular formula is C12H18ClN3O. The van der Waals surface area contributed by atoms with Gasteiger partial charge in [0.05, 0.1) is 23.0 Å². The van der Waals surface area contributed by atoms with Gasteiger partial charge in [0.2, 0.25) is 0 Å². The summed E-state index contributed by atoms with van der Waals surface area (Å²) in [6, 6.07) is 1.67. The standard InChI is InChI=1S/C12H18ClN3O/c13-10-5-9(14)7-16-12(10)15-6-8-3-1-2-4-11(8)17/h5,7-8,11,17H,1-4,6,14H2,(H,15,16). The minimum atomic E-state index is -0.205. The smallest absolute Gasteiger partial charge is 0.144 e. The van der Waals surface area contributed by atoms with Crippen LogP contribution in [0.1, 0.15) is 25.7 Å². The second kappa shape index (κ2) is 5.56. The first-order valence-corrected chi connectivity index (χ1v) is 6.37. The third-order valence-corrected chi connectivity index (χ3v) is 3.55. The number of aliphatic hydroxyl groups is 1. The summed E-state index contributed by atoms with van der Waals surface area (Å²) < 4.78 is 0. The molecule has 1 aliphatic rings. The molecule has 0 bridgehead atoms. The monoisotopic (exact) mass is 255 g/mol. The van der Waals surface area contributed by atoms with E-state index in [2.05, 4.69) is 10.3 Å². The zero-order valence-corrected chi connectivity index (χ0v) is 10.5. The van der Waals surface area contributed by atoms with Crippen molar-refractivity contribution in [3.8, 4) is 0 Å². The number of nitrogen functional groups attached to an aromatic ring is 1. The number of hydrogen-bond acceptors (Lipinski definition) is 4. The number of aromatic nitrogens is 1. The fourth-order valence-electron chi connectivity index (χ4n) is 2.24. The maximum absolute atomic E-state index is 9.85. The molecule has 4 N–H and O–H groups in total. The fourth-order valence-corrected chi connectivity index (χ4v) is 2.48. The summed E-state index contributed by atoms with van der Waals surface area (Å²) in [6.07, 6.45) is 5.63. The van der Waals surface area contributed by atoms with E-state index >= 15 is 0 Å². The molecule has 1 aliphatic carbocycles. The number of pyridine rings is 1. The number of nitrogens with one attached hydrogen (secondary N) is 1. The van der Waals surface area contributed by atoms with Crippen LogP contribution >= 0.6 is 11.6 Å². The van der Waals surface area contributed by atoms with E-state index in [9.17, 15) is 5.11 Å². The van der Waals surface area contributed by atoms with Gasteiger partial charge < -0.3 is 16.2 Å². The normalized spacial score (nSPS) is 24.6. The molecule has 5 heteroatoms. The van der Waals surface area contributed by atoms with E-state index in [1.165, 1.54) is 6.42 Å². The zero-order valence-electron chi connectivity index (χ0n) is 9.69. The molecule has 0 aromatic carbocycles. The van der Waals surface area contributed by atoms with Crippen LogP contribution in [0.25, 0.3) is 0 Å². The van der Waals surface area contributed by atoms with Crippen molar-refractivity contribution in [3.63, 3.8) is 0 Å². The van der Waals surface area contributed by atoms with Gasteiger partial charge in [0.15, 0.2) is 0 Å². The van der Waals surface area contributed by atoms with Crippen molar-refractivity contribution in [1.82, 2.24) is 4.98 Å². The van der Waals surface area contributed by atoms with Gasteiger partial charge >= 0.3 is 0 Å². The van der Waals surface area contributed by atoms with Crippen LogP contribution in [0.3, 0.4) is 0 Å². The molecule has 0 saturated heterocycles. The Kier molecular flexibility index (Phi) is 4.07. The molecule has 1 saturated carbocycles. The van der Waals surface area contributed by atoms with E-state index in [-0.39, 0.29) is 6.10 Å². The van der Waals surface area contributed by atoms with Gasteiger partial charge in [-0.05, 0) is 18.9 Å². The minimum absolute atomic E-state index is 0.205. The van der Waals surface area contributed by atoms with Crippen molar-refractivity contribution in [3.05, 3.63) is 17.3 Å². The average molecular weight is 256 g/mol. The highest BCUT2D eigenvalue weighted by Gasteiger charge is 2.22. The van der Waals surface area contributed by atoms with Gasteiger partial charge in [-0.1, -0.05) is 24.4 Å². The van der Waals surface area contributed by atoms with Gasteiger partial charge in [0.25, 0.3) is 0 Å². The summed E-state index contributed by atoms with van der Waals surface area (Å²) in [4.78, 5) is 4.14. The van der Waals surface area contributed by atoms with E-state index in [4.69, 9.17) is 17.3 Å². The third kappa shape index (κ3) is 3.23. The lowest BCUT2D eigenvalue weighted by Gasteiger charge is -2.27. The fraction of sp³-hybridized carbons (Fsp3) is 0.583. The summed E-state index contributed by atoms with van der Waals surface area (Å²) in [5.41, 5.74) is 6.13. The molecule has 0 radical (unpaired) electrons. The van der Waals surface area contributed by atoms with Crippen LogP contribution in [0.4, 0.5) is 11.5 Å². The maximum Gasteiger partial charge on any atom is 0.144 e. The second-order valence-electron chi connectivity index (χ2n) is 4.59. The molecule has 0 spiro atoms. The minimum Gasteiger partial charge on any atom is -0.397 e. The Labute approximate surface area is 106 Å². The number of hydrogen-bond donors (Lipinski definition) is 3. The maximum atomic E-state index is 9.85. The highest BCUT2D eigenvalue weighted by atomic mass is 35.5. The molecule has 1 aromatic rings. The largest absolute Gasteiger partial charge is 0.397 e. The number of halogens is 1. The quantitative estimate of drug-likeness (QED) is 0.775. The number of aliphatic hydroxyl groups excluding tert-OH is 1. The molecule has 17 heavy (non-hydrogen) atoms. The van der Waals surface area contributed by atoms with Gasteiger partial charge in [0.1, 0.15) is 5.82 Å². The van der Waals surface area contributed by atoms with E-state index in [1.54, 1.807) is 12.3 Å². The van der Waals surface area contributed by atoms with E-state index in [1.807, 2.05) is 0 Å². The Balaban J connectivity index is 1.92. The molecule has 4 nitrogen and oxygen atoms in total. The van der Waals surface area contributed by atoms with Crippen LogP contribution in [0.5, 0.6) is 0 Å². The highest BCUT2D eigenvalue weighted by molar-refractivity contribution is 6.33.